The summed E-state index contributed by atoms with van der Waals surface area (Å²) < 4.78 is 1.72. The average Bonchev–Trinajstić information content (AvgIpc) is 3.28. The molecule has 0 bridgehead atoms. The van der Waals surface area contributed by atoms with Crippen LogP contribution in [0.4, 0.5) is 5.69 Å². The molecule has 0 fully saturated rings. The first-order valence-corrected chi connectivity index (χ1v) is 10.0. The Kier molecular flexibility index (Phi) is 6.84. The van der Waals surface area contributed by atoms with Crippen LogP contribution in [0.5, 0.6) is 0 Å². The van der Waals surface area contributed by atoms with Crippen LogP contribution in [0.2, 0.25) is 0 Å². The van der Waals surface area contributed by atoms with Gasteiger partial charge in [0.25, 0.3) is 0 Å². The Morgan fingerprint density at radius 3 is 2.23 bits per heavy atom. The molecule has 7 nitrogen and oxygen atoms in total. The van der Waals surface area contributed by atoms with Gasteiger partial charge in [0.15, 0.2) is 0 Å². The summed E-state index contributed by atoms with van der Waals surface area (Å²) in [5.74, 6) is 0.0975. The van der Waals surface area contributed by atoms with E-state index in [4.69, 9.17) is 0 Å². The summed E-state index contributed by atoms with van der Waals surface area (Å²) in [5.41, 5.74) is 4.38. The van der Waals surface area contributed by atoms with Crippen molar-refractivity contribution >= 4 is 11.6 Å². The van der Waals surface area contributed by atoms with Crippen molar-refractivity contribution in [3.63, 3.8) is 0 Å². The van der Waals surface area contributed by atoms with E-state index in [0.717, 1.165) is 22.5 Å². The molecule has 0 N–H and O–H groups in total. The lowest BCUT2D eigenvalue weighted by Gasteiger charge is -2.27. The van der Waals surface area contributed by atoms with Crippen molar-refractivity contribution in [2.75, 3.05) is 39.6 Å². The first-order valence-electron chi connectivity index (χ1n) is 10.0. The molecule has 158 valence electrons. The van der Waals surface area contributed by atoms with E-state index in [1.165, 1.54) is 6.33 Å². The average molecular weight is 407 g/mol. The van der Waals surface area contributed by atoms with Crippen LogP contribution in [0.15, 0.2) is 61.2 Å². The van der Waals surface area contributed by atoms with Gasteiger partial charge in [0, 0.05) is 39.4 Å². The minimum atomic E-state index is 0.0975. The maximum atomic E-state index is 12.7. The molecule has 0 aliphatic heterocycles. The molecular formula is C23H30N6O. The number of hydrogen-bond donors (Lipinski definition) is 0. The molecule has 1 aromatic heterocycles. The second kappa shape index (κ2) is 9.54. The molecule has 1 atom stereocenters. The van der Waals surface area contributed by atoms with Crippen LogP contribution in [-0.2, 0) is 11.3 Å². The quantitative estimate of drug-likeness (QED) is 0.576. The molecule has 30 heavy (non-hydrogen) atoms. The normalized spacial score (nSPS) is 12.1. The number of likely N-dealkylation sites (N-methyl/N-ethyl adjacent to an activating group) is 2. The largest absolute Gasteiger partial charge is 0.378 e. The predicted molar refractivity (Wildman–Crippen MR) is 120 cm³/mol. The van der Waals surface area contributed by atoms with E-state index >= 15 is 0 Å². The Balaban J connectivity index is 1.56. The summed E-state index contributed by atoms with van der Waals surface area (Å²) in [4.78, 5) is 22.6. The first kappa shape index (κ1) is 21.5. The van der Waals surface area contributed by atoms with Crippen molar-refractivity contribution in [3.05, 3.63) is 72.3 Å². The molecule has 1 unspecified atom stereocenters. The number of anilines is 1. The van der Waals surface area contributed by atoms with Crippen LogP contribution in [0, 0.1) is 0 Å². The van der Waals surface area contributed by atoms with E-state index in [-0.39, 0.29) is 11.9 Å². The van der Waals surface area contributed by atoms with Gasteiger partial charge in [-0.25, -0.2) is 9.67 Å². The van der Waals surface area contributed by atoms with Crippen LogP contribution >= 0.6 is 0 Å². The number of benzene rings is 2. The highest BCUT2D eigenvalue weighted by molar-refractivity contribution is 5.78. The minimum absolute atomic E-state index is 0.0975. The molecule has 7 heteroatoms. The fourth-order valence-corrected chi connectivity index (χ4v) is 3.23. The summed E-state index contributed by atoms with van der Waals surface area (Å²) in [7, 11) is 7.87. The van der Waals surface area contributed by atoms with Crippen molar-refractivity contribution in [2.45, 2.75) is 19.5 Å². The van der Waals surface area contributed by atoms with E-state index in [1.54, 1.807) is 15.9 Å². The van der Waals surface area contributed by atoms with Gasteiger partial charge in [-0.2, -0.15) is 5.10 Å². The van der Waals surface area contributed by atoms with E-state index < -0.39 is 0 Å². The summed E-state index contributed by atoms with van der Waals surface area (Å²) in [5, 5.41) is 4.15. The van der Waals surface area contributed by atoms with Crippen molar-refractivity contribution in [1.82, 2.24) is 24.6 Å². The van der Waals surface area contributed by atoms with E-state index in [0.29, 0.717) is 13.1 Å². The second-order valence-electron chi connectivity index (χ2n) is 7.83. The van der Waals surface area contributed by atoms with Gasteiger partial charge < -0.3 is 9.80 Å². The summed E-state index contributed by atoms with van der Waals surface area (Å²) in [6.07, 6.45) is 3.19. The lowest BCUT2D eigenvalue weighted by molar-refractivity contribution is -0.131. The Bertz CT molecular complexity index is 935. The van der Waals surface area contributed by atoms with Gasteiger partial charge in [-0.3, -0.25) is 9.69 Å². The number of aromatic nitrogens is 3. The number of carbonyl (C=O) groups is 1. The van der Waals surface area contributed by atoms with Gasteiger partial charge in [-0.1, -0.05) is 24.3 Å². The highest BCUT2D eigenvalue weighted by atomic mass is 16.2. The SMILES string of the molecule is CC(c1ccc(-n2cncn2)cc1)N(C)CC(=O)N(C)Cc1ccc(N(C)C)cc1. The van der Waals surface area contributed by atoms with E-state index in [9.17, 15) is 4.79 Å². The number of hydrogen-bond acceptors (Lipinski definition) is 5. The fraction of sp³-hybridized carbons (Fsp3) is 0.348. The third-order valence-electron chi connectivity index (χ3n) is 5.40. The molecule has 0 aliphatic rings. The summed E-state index contributed by atoms with van der Waals surface area (Å²) >= 11 is 0. The molecule has 1 heterocycles. The van der Waals surface area contributed by atoms with Crippen molar-refractivity contribution in [3.8, 4) is 5.69 Å². The van der Waals surface area contributed by atoms with Crippen LogP contribution in [0.3, 0.4) is 0 Å². The molecule has 3 aromatic rings. The molecule has 0 saturated carbocycles. The van der Waals surface area contributed by atoms with Crippen molar-refractivity contribution < 1.29 is 4.79 Å². The summed E-state index contributed by atoms with van der Waals surface area (Å²) in [6, 6.07) is 16.6. The monoisotopic (exact) mass is 406 g/mol. The predicted octanol–water partition coefficient (Wildman–Crippen LogP) is 2.98. The van der Waals surface area contributed by atoms with Gasteiger partial charge in [0.2, 0.25) is 5.91 Å². The third kappa shape index (κ3) is 5.24. The van der Waals surface area contributed by atoms with Crippen LogP contribution in [-0.4, -0.2) is 65.2 Å². The molecule has 0 spiro atoms. The zero-order chi connectivity index (χ0) is 21.7. The van der Waals surface area contributed by atoms with Gasteiger partial charge in [0.05, 0.1) is 12.2 Å². The molecule has 2 aromatic carbocycles. The summed E-state index contributed by atoms with van der Waals surface area (Å²) in [6.45, 7) is 3.07. The Morgan fingerprint density at radius 1 is 1.00 bits per heavy atom. The smallest absolute Gasteiger partial charge is 0.236 e. The maximum absolute atomic E-state index is 12.7. The van der Waals surface area contributed by atoms with Crippen LogP contribution < -0.4 is 4.90 Å². The highest BCUT2D eigenvalue weighted by Crippen LogP contribution is 2.20. The number of carbonyl (C=O) groups excluding carboxylic acids is 1. The third-order valence-corrected chi connectivity index (χ3v) is 5.40. The van der Waals surface area contributed by atoms with E-state index in [1.807, 2.05) is 40.3 Å². The van der Waals surface area contributed by atoms with Crippen molar-refractivity contribution in [2.24, 2.45) is 0 Å². The number of nitrogens with zero attached hydrogens (tertiary/aromatic N) is 6. The zero-order valence-corrected chi connectivity index (χ0v) is 18.4. The Morgan fingerprint density at radius 2 is 1.67 bits per heavy atom. The lowest BCUT2D eigenvalue weighted by atomic mass is 10.1. The van der Waals surface area contributed by atoms with Crippen LogP contribution in [0.1, 0.15) is 24.1 Å². The minimum Gasteiger partial charge on any atom is -0.378 e. The van der Waals surface area contributed by atoms with Gasteiger partial charge in [-0.15, -0.1) is 0 Å². The molecular weight excluding hydrogens is 376 g/mol. The van der Waals surface area contributed by atoms with Gasteiger partial charge >= 0.3 is 0 Å². The highest BCUT2D eigenvalue weighted by Gasteiger charge is 2.18. The molecule has 1 amide bonds. The zero-order valence-electron chi connectivity index (χ0n) is 18.4. The maximum Gasteiger partial charge on any atom is 0.236 e. The second-order valence-corrected chi connectivity index (χ2v) is 7.83. The topological polar surface area (TPSA) is 57.5 Å². The van der Waals surface area contributed by atoms with E-state index in [2.05, 4.69) is 63.2 Å². The number of rotatable bonds is 8. The number of amides is 1. The Labute approximate surface area is 178 Å². The molecule has 3 rings (SSSR count). The van der Waals surface area contributed by atoms with Crippen LogP contribution in [0.25, 0.3) is 5.69 Å². The lowest BCUT2D eigenvalue weighted by Crippen LogP contribution is -2.37. The van der Waals surface area contributed by atoms with Gasteiger partial charge in [0.1, 0.15) is 12.7 Å². The molecule has 0 saturated heterocycles. The van der Waals surface area contributed by atoms with Crippen molar-refractivity contribution in [1.29, 1.82) is 0 Å². The molecule has 0 radical (unpaired) electrons. The Hall–Kier alpha value is -3.19. The van der Waals surface area contributed by atoms with Gasteiger partial charge in [-0.05, 0) is 49.4 Å². The molecule has 0 aliphatic carbocycles. The standard InChI is InChI=1S/C23H30N6O/c1-18(20-8-12-22(13-9-20)29-17-24-16-25-29)27(4)15-23(30)28(5)14-19-6-10-21(11-7-19)26(2)3/h6-13,16-18H,14-15H2,1-5H3. The first-order chi connectivity index (χ1) is 14.3. The fourth-order valence-electron chi connectivity index (χ4n) is 3.23.